The molecular weight excluding hydrogens is 216 g/mol. The van der Waals surface area contributed by atoms with E-state index in [1.807, 2.05) is 0 Å². The molecule has 1 heterocycles. The van der Waals surface area contributed by atoms with E-state index >= 15 is 0 Å². The average Bonchev–Trinajstić information content (AvgIpc) is 1.99. The Morgan fingerprint density at radius 1 is 1.47 bits per heavy atom. The molecule has 0 aromatic heterocycles. The monoisotopic (exact) mass is 232 g/mol. The van der Waals surface area contributed by atoms with Crippen molar-refractivity contribution in [1.82, 2.24) is 0 Å². The van der Waals surface area contributed by atoms with E-state index in [1.54, 1.807) is 0 Å². The molecule has 0 radical (unpaired) electrons. The van der Waals surface area contributed by atoms with Crippen LogP contribution in [0.5, 0.6) is 0 Å². The summed E-state index contributed by atoms with van der Waals surface area (Å²) < 4.78 is 22.6. The molecule has 5 heteroatoms. The third kappa shape index (κ3) is 4.46. The van der Waals surface area contributed by atoms with Crippen molar-refractivity contribution in [3.63, 3.8) is 0 Å². The van der Waals surface area contributed by atoms with Crippen LogP contribution in [0.4, 0.5) is 0 Å². The van der Waals surface area contributed by atoms with Gasteiger partial charge in [-0.05, 0) is 25.2 Å². The Morgan fingerprint density at radius 2 is 2.13 bits per heavy atom. The summed E-state index contributed by atoms with van der Waals surface area (Å²) >= 11 is 0. The molecule has 1 rings (SSSR count). The molecule has 1 aliphatic rings. The normalized spacial score (nSPS) is 24.7. The van der Waals surface area contributed by atoms with E-state index in [0.29, 0.717) is 18.4 Å². The summed E-state index contributed by atoms with van der Waals surface area (Å²) in [5.74, 6) is -0.380. The molecule has 0 bridgehead atoms. The largest absolute Gasteiger partial charge is 0.481 e. The summed E-state index contributed by atoms with van der Waals surface area (Å²) in [5.41, 5.74) is 0.615. The van der Waals surface area contributed by atoms with Crippen molar-refractivity contribution in [2.24, 2.45) is 5.92 Å². The third-order valence-corrected chi connectivity index (χ3v) is 4.43. The zero-order chi connectivity index (χ0) is 11.5. The second-order valence-corrected chi connectivity index (χ2v) is 6.38. The Labute approximate surface area is 89.9 Å². The van der Waals surface area contributed by atoms with E-state index in [-0.39, 0.29) is 23.8 Å². The molecule has 1 aliphatic heterocycles. The van der Waals surface area contributed by atoms with Crippen LogP contribution in [-0.2, 0) is 14.6 Å². The lowest BCUT2D eigenvalue weighted by molar-refractivity contribution is -0.136. The smallest absolute Gasteiger partial charge is 0.307 e. The number of carboxylic acids is 1. The highest BCUT2D eigenvalue weighted by Gasteiger charge is 2.25. The minimum atomic E-state index is -2.89. The number of carbonyl (C=O) groups is 1. The van der Waals surface area contributed by atoms with Crippen LogP contribution in [0.25, 0.3) is 0 Å². The van der Waals surface area contributed by atoms with E-state index in [1.165, 1.54) is 0 Å². The summed E-state index contributed by atoms with van der Waals surface area (Å²) in [6.07, 6.45) is 2.01. The van der Waals surface area contributed by atoms with Crippen molar-refractivity contribution in [1.29, 1.82) is 0 Å². The fourth-order valence-corrected chi connectivity index (χ4v) is 3.75. The number of carboxylic acid groups (broad SMARTS) is 1. The van der Waals surface area contributed by atoms with Crippen LogP contribution in [0.1, 0.15) is 25.7 Å². The van der Waals surface area contributed by atoms with Crippen LogP contribution in [0.3, 0.4) is 0 Å². The summed E-state index contributed by atoms with van der Waals surface area (Å²) in [4.78, 5) is 10.4. The lowest BCUT2D eigenvalue weighted by Crippen LogP contribution is -2.25. The molecule has 0 saturated carbocycles. The highest BCUT2D eigenvalue weighted by molar-refractivity contribution is 7.91. The SMILES string of the molecule is C=C(CC(=O)O)CC1CCCS(=O)(=O)C1. The number of aliphatic carboxylic acids is 1. The molecule has 1 atom stereocenters. The standard InChI is InChI=1S/C10H16O4S/c1-8(6-10(11)12)5-9-3-2-4-15(13,14)7-9/h9H,1-7H2,(H,11,12). The maximum Gasteiger partial charge on any atom is 0.307 e. The van der Waals surface area contributed by atoms with Crippen LogP contribution in [0.15, 0.2) is 12.2 Å². The fraction of sp³-hybridized carbons (Fsp3) is 0.700. The fourth-order valence-electron chi connectivity index (χ4n) is 1.97. The lowest BCUT2D eigenvalue weighted by atomic mass is 9.96. The van der Waals surface area contributed by atoms with Gasteiger partial charge in [-0.2, -0.15) is 0 Å². The van der Waals surface area contributed by atoms with E-state index in [4.69, 9.17) is 5.11 Å². The number of hydrogen-bond donors (Lipinski definition) is 1. The zero-order valence-electron chi connectivity index (χ0n) is 8.61. The molecule has 0 aromatic carbocycles. The minimum absolute atomic E-state index is 0.0590. The Bertz CT molecular complexity index is 356. The van der Waals surface area contributed by atoms with Crippen molar-refractivity contribution in [2.75, 3.05) is 11.5 Å². The first-order chi connectivity index (χ1) is 6.89. The molecule has 1 saturated heterocycles. The van der Waals surface area contributed by atoms with Crippen LogP contribution >= 0.6 is 0 Å². The molecule has 0 aliphatic carbocycles. The van der Waals surface area contributed by atoms with Crippen LogP contribution in [0, 0.1) is 5.92 Å². The molecule has 86 valence electrons. The molecule has 15 heavy (non-hydrogen) atoms. The second-order valence-electron chi connectivity index (χ2n) is 4.15. The molecule has 1 fully saturated rings. The predicted octanol–water partition coefficient (Wildman–Crippen LogP) is 1.23. The first kappa shape index (κ1) is 12.2. The molecule has 1 unspecified atom stereocenters. The molecule has 0 amide bonds. The van der Waals surface area contributed by atoms with Gasteiger partial charge >= 0.3 is 5.97 Å². The Kier molecular flexibility index (Phi) is 3.90. The lowest BCUT2D eigenvalue weighted by Gasteiger charge is -2.22. The Morgan fingerprint density at radius 3 is 2.67 bits per heavy atom. The van der Waals surface area contributed by atoms with E-state index < -0.39 is 15.8 Å². The molecule has 0 aromatic rings. The van der Waals surface area contributed by atoms with Gasteiger partial charge in [0, 0.05) is 0 Å². The van der Waals surface area contributed by atoms with Crippen LogP contribution in [-0.4, -0.2) is 31.0 Å². The van der Waals surface area contributed by atoms with E-state index in [2.05, 4.69) is 6.58 Å². The van der Waals surface area contributed by atoms with Gasteiger partial charge in [0.15, 0.2) is 9.84 Å². The van der Waals surface area contributed by atoms with Crippen molar-refractivity contribution in [3.05, 3.63) is 12.2 Å². The number of hydrogen-bond acceptors (Lipinski definition) is 3. The number of sulfone groups is 1. The van der Waals surface area contributed by atoms with Crippen molar-refractivity contribution >= 4 is 15.8 Å². The van der Waals surface area contributed by atoms with Crippen molar-refractivity contribution in [3.8, 4) is 0 Å². The Balaban J connectivity index is 2.45. The van der Waals surface area contributed by atoms with Gasteiger partial charge in [0.1, 0.15) is 0 Å². The van der Waals surface area contributed by atoms with Gasteiger partial charge in [0.25, 0.3) is 0 Å². The average molecular weight is 232 g/mol. The first-order valence-electron chi connectivity index (χ1n) is 4.98. The maximum absolute atomic E-state index is 11.3. The van der Waals surface area contributed by atoms with Gasteiger partial charge in [-0.3, -0.25) is 4.79 Å². The highest BCUT2D eigenvalue weighted by Crippen LogP contribution is 2.24. The Hall–Kier alpha value is -0.840. The van der Waals surface area contributed by atoms with Gasteiger partial charge in [0.2, 0.25) is 0 Å². The molecule has 4 nitrogen and oxygen atoms in total. The topological polar surface area (TPSA) is 71.4 Å². The van der Waals surface area contributed by atoms with Gasteiger partial charge < -0.3 is 5.11 Å². The third-order valence-electron chi connectivity index (χ3n) is 2.54. The van der Waals surface area contributed by atoms with E-state index in [0.717, 1.165) is 6.42 Å². The summed E-state index contributed by atoms with van der Waals surface area (Å²) in [7, 11) is -2.89. The molecule has 1 N–H and O–H groups in total. The predicted molar refractivity (Wildman–Crippen MR) is 57.4 cm³/mol. The van der Waals surface area contributed by atoms with Gasteiger partial charge in [-0.1, -0.05) is 12.2 Å². The van der Waals surface area contributed by atoms with Crippen LogP contribution < -0.4 is 0 Å². The quantitative estimate of drug-likeness (QED) is 0.740. The van der Waals surface area contributed by atoms with E-state index in [9.17, 15) is 13.2 Å². The van der Waals surface area contributed by atoms with Gasteiger partial charge in [-0.25, -0.2) is 8.42 Å². The minimum Gasteiger partial charge on any atom is -0.481 e. The molecular formula is C10H16O4S. The van der Waals surface area contributed by atoms with Gasteiger partial charge in [-0.15, -0.1) is 0 Å². The molecule has 0 spiro atoms. The van der Waals surface area contributed by atoms with Crippen molar-refractivity contribution in [2.45, 2.75) is 25.7 Å². The summed E-state index contributed by atoms with van der Waals surface area (Å²) in [5, 5.41) is 8.54. The van der Waals surface area contributed by atoms with Crippen LogP contribution in [0.2, 0.25) is 0 Å². The first-order valence-corrected chi connectivity index (χ1v) is 6.80. The summed E-state index contributed by atoms with van der Waals surface area (Å²) in [6, 6.07) is 0. The number of rotatable bonds is 4. The zero-order valence-corrected chi connectivity index (χ0v) is 9.42. The highest BCUT2D eigenvalue weighted by atomic mass is 32.2. The van der Waals surface area contributed by atoms with Gasteiger partial charge in [0.05, 0.1) is 17.9 Å². The maximum atomic E-state index is 11.3. The van der Waals surface area contributed by atoms with Crippen molar-refractivity contribution < 1.29 is 18.3 Å². The summed E-state index contributed by atoms with van der Waals surface area (Å²) in [6.45, 7) is 3.66. The second kappa shape index (κ2) is 4.79.